The summed E-state index contributed by atoms with van der Waals surface area (Å²) >= 11 is 0. The summed E-state index contributed by atoms with van der Waals surface area (Å²) in [4.78, 5) is 14.1. The summed E-state index contributed by atoms with van der Waals surface area (Å²) in [7, 11) is -5.50. The lowest BCUT2D eigenvalue weighted by molar-refractivity contribution is -0.0429. The van der Waals surface area contributed by atoms with E-state index in [1.807, 2.05) is 6.92 Å². The molecule has 2 aromatic carbocycles. The first-order chi connectivity index (χ1) is 13.0. The molecule has 1 aliphatic heterocycles. The molecule has 1 aliphatic rings. The summed E-state index contributed by atoms with van der Waals surface area (Å²) in [6.45, 7) is 2.30. The Balaban J connectivity index is 1.75. The lowest BCUT2D eigenvalue weighted by atomic mass is 9.94. The van der Waals surface area contributed by atoms with Crippen LogP contribution in [0.25, 0.3) is 0 Å². The van der Waals surface area contributed by atoms with Crippen LogP contribution in [0, 0.1) is 12.7 Å². The molecule has 0 bridgehead atoms. The zero-order valence-electron chi connectivity index (χ0n) is 14.7. The van der Waals surface area contributed by atoms with Crippen molar-refractivity contribution in [2.24, 2.45) is 0 Å². The van der Waals surface area contributed by atoms with Crippen molar-refractivity contribution >= 4 is 21.6 Å². The number of amides is 1. The summed E-state index contributed by atoms with van der Waals surface area (Å²) in [6, 6.07) is 8.03. The number of nitrogens with one attached hydrogen (secondary N) is 1. The molecule has 0 radical (unpaired) electrons. The number of hydrogen-bond donors (Lipinski definition) is 1. The van der Waals surface area contributed by atoms with Crippen molar-refractivity contribution in [3.63, 3.8) is 0 Å². The molecule has 1 heterocycles. The van der Waals surface area contributed by atoms with Crippen molar-refractivity contribution in [1.82, 2.24) is 4.90 Å². The Labute approximate surface area is 159 Å². The highest BCUT2D eigenvalue weighted by molar-refractivity contribution is 7.93. The number of hydrogen-bond acceptors (Lipinski definition) is 3. The smallest absolute Gasteiger partial charge is 0.334 e. The van der Waals surface area contributed by atoms with Crippen LogP contribution >= 0.6 is 0 Å². The van der Waals surface area contributed by atoms with E-state index in [4.69, 9.17) is 0 Å². The number of sulfonamides is 1. The predicted molar refractivity (Wildman–Crippen MR) is 94.6 cm³/mol. The highest BCUT2D eigenvalue weighted by atomic mass is 32.2. The van der Waals surface area contributed by atoms with Gasteiger partial charge in [0.2, 0.25) is 0 Å². The SMILES string of the molecule is Cc1ccc(F)c2c1CCN(Cc1ccc(NS(=O)(=O)C(F)(F)F)cc1)C2=O. The van der Waals surface area contributed by atoms with Crippen molar-refractivity contribution in [3.8, 4) is 0 Å². The fraction of sp³-hybridized carbons (Fsp3) is 0.278. The number of alkyl halides is 3. The predicted octanol–water partition coefficient (Wildman–Crippen LogP) is 3.59. The molecule has 5 nitrogen and oxygen atoms in total. The zero-order chi connectivity index (χ0) is 20.7. The van der Waals surface area contributed by atoms with Crippen LogP contribution < -0.4 is 4.72 Å². The average molecular weight is 416 g/mol. The number of aryl methyl sites for hydroxylation is 1. The van der Waals surface area contributed by atoms with Gasteiger partial charge in [-0.05, 0) is 48.2 Å². The highest BCUT2D eigenvalue weighted by Crippen LogP contribution is 2.27. The molecule has 0 unspecified atom stereocenters. The molecular formula is C18H16F4N2O3S. The molecule has 0 saturated carbocycles. The first-order valence-electron chi connectivity index (χ1n) is 8.25. The Hall–Kier alpha value is -2.62. The molecule has 2 aromatic rings. The first-order valence-corrected chi connectivity index (χ1v) is 9.73. The maximum atomic E-state index is 14.1. The molecule has 1 N–H and O–H groups in total. The number of fused-ring (bicyclic) bond motifs is 1. The van der Waals surface area contributed by atoms with Crippen LogP contribution in [0.4, 0.5) is 23.2 Å². The second-order valence-corrected chi connectivity index (χ2v) is 8.12. The van der Waals surface area contributed by atoms with Gasteiger partial charge in [0.15, 0.2) is 0 Å². The fourth-order valence-corrected chi connectivity index (χ4v) is 3.61. The summed E-state index contributed by atoms with van der Waals surface area (Å²) in [6.07, 6.45) is 0.494. The van der Waals surface area contributed by atoms with Crippen LogP contribution in [0.3, 0.4) is 0 Å². The molecule has 0 aliphatic carbocycles. The lowest BCUT2D eigenvalue weighted by Crippen LogP contribution is -2.38. The number of anilines is 1. The van der Waals surface area contributed by atoms with E-state index in [1.54, 1.807) is 6.07 Å². The van der Waals surface area contributed by atoms with Gasteiger partial charge in [-0.25, -0.2) is 4.39 Å². The zero-order valence-corrected chi connectivity index (χ0v) is 15.5. The van der Waals surface area contributed by atoms with Gasteiger partial charge in [-0.15, -0.1) is 0 Å². The molecular weight excluding hydrogens is 400 g/mol. The minimum absolute atomic E-state index is 0.0424. The number of benzene rings is 2. The Morgan fingerprint density at radius 1 is 1.11 bits per heavy atom. The van der Waals surface area contributed by atoms with Crippen molar-refractivity contribution in [3.05, 3.63) is 64.5 Å². The van der Waals surface area contributed by atoms with E-state index in [0.29, 0.717) is 24.1 Å². The second kappa shape index (κ2) is 7.08. The number of carbonyl (C=O) groups is 1. The number of halogens is 4. The van der Waals surface area contributed by atoms with Gasteiger partial charge >= 0.3 is 15.5 Å². The third kappa shape index (κ3) is 3.82. The fourth-order valence-electron chi connectivity index (χ4n) is 3.05. The van der Waals surface area contributed by atoms with Crippen molar-refractivity contribution in [2.75, 3.05) is 11.3 Å². The van der Waals surface area contributed by atoms with E-state index in [0.717, 1.165) is 5.56 Å². The monoisotopic (exact) mass is 416 g/mol. The quantitative estimate of drug-likeness (QED) is 0.775. The van der Waals surface area contributed by atoms with Crippen LogP contribution in [-0.4, -0.2) is 31.3 Å². The van der Waals surface area contributed by atoms with E-state index < -0.39 is 27.3 Å². The Bertz CT molecular complexity index is 1020. The summed E-state index contributed by atoms with van der Waals surface area (Å²) in [5.74, 6) is -1.04. The van der Waals surface area contributed by atoms with Gasteiger partial charge in [-0.3, -0.25) is 9.52 Å². The Morgan fingerprint density at radius 2 is 1.75 bits per heavy atom. The standard InChI is InChI=1S/C18H16F4N2O3S/c1-11-2-7-15(19)16-14(11)8-9-24(17(16)25)10-12-3-5-13(6-4-12)23-28(26,27)18(20,21)22/h2-7,23H,8-10H2,1H3. The molecule has 150 valence electrons. The molecule has 10 heteroatoms. The van der Waals surface area contributed by atoms with E-state index in [-0.39, 0.29) is 17.8 Å². The van der Waals surface area contributed by atoms with E-state index in [2.05, 4.69) is 0 Å². The second-order valence-electron chi connectivity index (χ2n) is 6.44. The van der Waals surface area contributed by atoms with E-state index in [9.17, 15) is 30.8 Å². The maximum absolute atomic E-state index is 14.1. The van der Waals surface area contributed by atoms with Crippen LogP contribution in [0.5, 0.6) is 0 Å². The molecule has 0 fully saturated rings. The molecule has 0 spiro atoms. The topological polar surface area (TPSA) is 66.5 Å². The third-order valence-corrected chi connectivity index (χ3v) is 5.63. The first kappa shape index (κ1) is 20.1. The van der Waals surface area contributed by atoms with E-state index in [1.165, 1.54) is 40.0 Å². The van der Waals surface area contributed by atoms with Crippen molar-refractivity contribution < 1.29 is 30.8 Å². The minimum Gasteiger partial charge on any atom is -0.334 e. The Kier molecular flexibility index (Phi) is 5.09. The van der Waals surface area contributed by atoms with Crippen LogP contribution in [0.15, 0.2) is 36.4 Å². The third-order valence-electron chi connectivity index (χ3n) is 4.51. The van der Waals surface area contributed by atoms with Gasteiger partial charge in [0.1, 0.15) is 5.82 Å². The van der Waals surface area contributed by atoms with Gasteiger partial charge in [-0.2, -0.15) is 21.6 Å². The van der Waals surface area contributed by atoms with Gasteiger partial charge in [-0.1, -0.05) is 18.2 Å². The van der Waals surface area contributed by atoms with Crippen LogP contribution in [-0.2, 0) is 23.0 Å². The van der Waals surface area contributed by atoms with Gasteiger partial charge in [0.25, 0.3) is 5.91 Å². The minimum atomic E-state index is -5.50. The number of rotatable bonds is 4. The van der Waals surface area contributed by atoms with Crippen molar-refractivity contribution in [1.29, 1.82) is 0 Å². The Morgan fingerprint density at radius 3 is 2.36 bits per heavy atom. The summed E-state index contributed by atoms with van der Waals surface area (Å²) in [5, 5.41) is 0. The summed E-state index contributed by atoms with van der Waals surface area (Å²) in [5.41, 5.74) is -3.54. The van der Waals surface area contributed by atoms with Gasteiger partial charge in [0.05, 0.1) is 5.56 Å². The molecule has 1 amide bonds. The summed E-state index contributed by atoms with van der Waals surface area (Å²) < 4.78 is 75.0. The molecule has 0 saturated heterocycles. The average Bonchev–Trinajstić information content (AvgIpc) is 2.60. The van der Waals surface area contributed by atoms with Gasteiger partial charge < -0.3 is 4.90 Å². The number of nitrogens with zero attached hydrogens (tertiary/aromatic N) is 1. The number of carbonyl (C=O) groups excluding carboxylic acids is 1. The van der Waals surface area contributed by atoms with Crippen LogP contribution in [0.1, 0.15) is 27.0 Å². The molecule has 0 aromatic heterocycles. The lowest BCUT2D eigenvalue weighted by Gasteiger charge is -2.30. The van der Waals surface area contributed by atoms with Gasteiger partial charge in [0, 0.05) is 18.8 Å². The van der Waals surface area contributed by atoms with Crippen LogP contribution in [0.2, 0.25) is 0 Å². The van der Waals surface area contributed by atoms with E-state index >= 15 is 0 Å². The highest BCUT2D eigenvalue weighted by Gasteiger charge is 2.46. The largest absolute Gasteiger partial charge is 0.516 e. The molecule has 3 rings (SSSR count). The molecule has 0 atom stereocenters. The normalized spacial score (nSPS) is 14.8. The molecule has 28 heavy (non-hydrogen) atoms. The maximum Gasteiger partial charge on any atom is 0.516 e. The van der Waals surface area contributed by atoms with Crippen molar-refractivity contribution in [2.45, 2.75) is 25.4 Å².